The zero-order valence-corrected chi connectivity index (χ0v) is 17.4. The van der Waals surface area contributed by atoms with Gasteiger partial charge in [-0.2, -0.15) is 0 Å². The number of ether oxygens (including phenoxy) is 2. The third-order valence-corrected chi connectivity index (χ3v) is 4.82. The fourth-order valence-electron chi connectivity index (χ4n) is 3.28. The van der Waals surface area contributed by atoms with Gasteiger partial charge in [-0.1, -0.05) is 12.1 Å². The molecule has 0 aliphatic heterocycles. The first-order valence-corrected chi connectivity index (χ1v) is 9.45. The molecule has 32 heavy (non-hydrogen) atoms. The minimum absolute atomic E-state index is 0.137. The van der Waals surface area contributed by atoms with Crippen molar-refractivity contribution < 1.29 is 23.7 Å². The standard InChI is InChI=1S/C22H20FN3O6/c1-31-21-9-3-15(11-19(21)25(27)28)13-24(18-7-5-17(23)6-8-18)14-16-4-10-22(32-2)20(12-16)26(29)30/h3-12H,13-14H2,1-2H3. The Labute approximate surface area is 182 Å². The van der Waals surface area contributed by atoms with Crippen molar-refractivity contribution >= 4 is 17.1 Å². The van der Waals surface area contributed by atoms with E-state index >= 15 is 0 Å². The Balaban J connectivity index is 1.98. The van der Waals surface area contributed by atoms with Gasteiger partial charge in [0.25, 0.3) is 0 Å². The lowest BCUT2D eigenvalue weighted by Crippen LogP contribution is -2.22. The number of nitro groups is 2. The molecule has 0 amide bonds. The molecule has 0 aromatic heterocycles. The van der Waals surface area contributed by atoms with Crippen LogP contribution in [0.4, 0.5) is 21.5 Å². The number of halogens is 1. The number of anilines is 1. The first-order valence-electron chi connectivity index (χ1n) is 9.45. The summed E-state index contributed by atoms with van der Waals surface area (Å²) in [7, 11) is 2.70. The minimum atomic E-state index is -0.530. The van der Waals surface area contributed by atoms with E-state index < -0.39 is 15.7 Å². The number of nitrogens with zero attached hydrogens (tertiary/aromatic N) is 3. The SMILES string of the molecule is COc1ccc(CN(Cc2ccc(OC)c([N+](=O)[O-])c2)c2ccc(F)cc2)cc1[N+](=O)[O-]. The molecule has 0 aliphatic rings. The van der Waals surface area contributed by atoms with E-state index in [-0.39, 0.29) is 36.0 Å². The molecule has 0 atom stereocenters. The van der Waals surface area contributed by atoms with E-state index in [0.717, 1.165) is 0 Å². The van der Waals surface area contributed by atoms with Gasteiger partial charge in [-0.3, -0.25) is 20.2 Å². The smallest absolute Gasteiger partial charge is 0.311 e. The van der Waals surface area contributed by atoms with E-state index in [9.17, 15) is 24.6 Å². The fourth-order valence-corrected chi connectivity index (χ4v) is 3.28. The second kappa shape index (κ2) is 9.73. The predicted molar refractivity (Wildman–Crippen MR) is 116 cm³/mol. The molecule has 0 aliphatic carbocycles. The summed E-state index contributed by atoms with van der Waals surface area (Å²) in [6.45, 7) is 0.465. The maximum absolute atomic E-state index is 13.5. The molecule has 9 nitrogen and oxygen atoms in total. The maximum Gasteiger partial charge on any atom is 0.311 e. The van der Waals surface area contributed by atoms with E-state index in [4.69, 9.17) is 9.47 Å². The molecule has 3 aromatic carbocycles. The van der Waals surface area contributed by atoms with Crippen molar-refractivity contribution in [3.8, 4) is 11.5 Å². The zero-order valence-electron chi connectivity index (χ0n) is 17.4. The Kier molecular flexibility index (Phi) is 6.83. The molecule has 0 saturated heterocycles. The van der Waals surface area contributed by atoms with Gasteiger partial charge in [0.15, 0.2) is 11.5 Å². The van der Waals surface area contributed by atoms with E-state index in [0.29, 0.717) is 16.8 Å². The zero-order chi connectivity index (χ0) is 23.3. The van der Waals surface area contributed by atoms with E-state index in [2.05, 4.69) is 0 Å². The van der Waals surface area contributed by atoms with Crippen LogP contribution in [-0.2, 0) is 13.1 Å². The molecule has 3 rings (SSSR count). The van der Waals surface area contributed by atoms with Crippen LogP contribution in [0.3, 0.4) is 0 Å². The number of rotatable bonds is 9. The molecule has 166 valence electrons. The van der Waals surface area contributed by atoms with Crippen LogP contribution in [0.5, 0.6) is 11.5 Å². The Morgan fingerprint density at radius 2 is 1.22 bits per heavy atom. The predicted octanol–water partition coefficient (Wildman–Crippen LogP) is 4.87. The molecule has 0 spiro atoms. The third kappa shape index (κ3) is 5.09. The van der Waals surface area contributed by atoms with Crippen LogP contribution in [0.15, 0.2) is 60.7 Å². The van der Waals surface area contributed by atoms with Crippen molar-refractivity contribution in [3.05, 3.63) is 97.8 Å². The van der Waals surface area contributed by atoms with Crippen LogP contribution in [0, 0.1) is 26.0 Å². The average molecular weight is 441 g/mol. The molecule has 0 unspecified atom stereocenters. The molecule has 0 bridgehead atoms. The highest BCUT2D eigenvalue weighted by Gasteiger charge is 2.19. The third-order valence-electron chi connectivity index (χ3n) is 4.82. The van der Waals surface area contributed by atoms with Crippen LogP contribution < -0.4 is 14.4 Å². The van der Waals surface area contributed by atoms with Crippen LogP contribution in [0.1, 0.15) is 11.1 Å². The highest BCUT2D eigenvalue weighted by Crippen LogP contribution is 2.31. The normalized spacial score (nSPS) is 10.5. The topological polar surface area (TPSA) is 108 Å². The van der Waals surface area contributed by atoms with Crippen molar-refractivity contribution in [3.63, 3.8) is 0 Å². The fraction of sp³-hybridized carbons (Fsp3) is 0.182. The lowest BCUT2D eigenvalue weighted by molar-refractivity contribution is -0.385. The second-order valence-electron chi connectivity index (χ2n) is 6.86. The summed E-state index contributed by atoms with van der Waals surface area (Å²) in [6, 6.07) is 15.0. The summed E-state index contributed by atoms with van der Waals surface area (Å²) in [5, 5.41) is 22.7. The number of hydrogen-bond acceptors (Lipinski definition) is 7. The quantitative estimate of drug-likeness (QED) is 0.344. The Hall–Kier alpha value is -4.21. The number of hydrogen-bond donors (Lipinski definition) is 0. The second-order valence-corrected chi connectivity index (χ2v) is 6.86. The lowest BCUT2D eigenvalue weighted by Gasteiger charge is -2.25. The molecular weight excluding hydrogens is 421 g/mol. The molecule has 10 heteroatoms. The van der Waals surface area contributed by atoms with E-state index in [1.54, 1.807) is 24.3 Å². The van der Waals surface area contributed by atoms with E-state index in [1.807, 2.05) is 4.90 Å². The number of methoxy groups -OCH3 is 2. The van der Waals surface area contributed by atoms with Gasteiger partial charge in [0, 0.05) is 30.9 Å². The first kappa shape index (κ1) is 22.5. The first-order chi connectivity index (χ1) is 15.3. The average Bonchev–Trinajstić information content (AvgIpc) is 2.79. The monoisotopic (exact) mass is 441 g/mol. The van der Waals surface area contributed by atoms with Gasteiger partial charge in [0.1, 0.15) is 5.82 Å². The number of nitro benzene ring substituents is 2. The molecule has 0 N–H and O–H groups in total. The van der Waals surface area contributed by atoms with Gasteiger partial charge in [0.2, 0.25) is 0 Å². The van der Waals surface area contributed by atoms with Crippen molar-refractivity contribution in [2.45, 2.75) is 13.1 Å². The molecule has 0 heterocycles. The van der Waals surface area contributed by atoms with E-state index in [1.165, 1.54) is 50.6 Å². The highest BCUT2D eigenvalue weighted by atomic mass is 19.1. The van der Waals surface area contributed by atoms with Gasteiger partial charge < -0.3 is 14.4 Å². The molecule has 0 radical (unpaired) electrons. The molecule has 3 aromatic rings. The van der Waals surface area contributed by atoms with Crippen LogP contribution in [0.2, 0.25) is 0 Å². The van der Waals surface area contributed by atoms with Crippen LogP contribution >= 0.6 is 0 Å². The summed E-state index contributed by atoms with van der Waals surface area (Å²) >= 11 is 0. The molecule has 0 fully saturated rings. The summed E-state index contributed by atoms with van der Waals surface area (Å²) in [6.07, 6.45) is 0. The summed E-state index contributed by atoms with van der Waals surface area (Å²) in [4.78, 5) is 23.5. The van der Waals surface area contributed by atoms with Gasteiger partial charge in [-0.25, -0.2) is 4.39 Å². The van der Waals surface area contributed by atoms with Crippen molar-refractivity contribution in [2.75, 3.05) is 19.1 Å². The minimum Gasteiger partial charge on any atom is -0.490 e. The van der Waals surface area contributed by atoms with Gasteiger partial charge in [-0.15, -0.1) is 0 Å². The van der Waals surface area contributed by atoms with Gasteiger partial charge in [-0.05, 0) is 47.5 Å². The van der Waals surface area contributed by atoms with Crippen molar-refractivity contribution in [1.29, 1.82) is 0 Å². The summed E-state index contributed by atoms with van der Waals surface area (Å²) < 4.78 is 23.5. The Morgan fingerprint density at radius 3 is 1.59 bits per heavy atom. The van der Waals surface area contributed by atoms with Crippen LogP contribution in [-0.4, -0.2) is 24.1 Å². The largest absolute Gasteiger partial charge is 0.490 e. The van der Waals surface area contributed by atoms with Crippen molar-refractivity contribution in [2.24, 2.45) is 0 Å². The van der Waals surface area contributed by atoms with Crippen molar-refractivity contribution in [1.82, 2.24) is 0 Å². The lowest BCUT2D eigenvalue weighted by atomic mass is 10.1. The van der Waals surface area contributed by atoms with Crippen LogP contribution in [0.25, 0.3) is 0 Å². The molecular formula is C22H20FN3O6. The van der Waals surface area contributed by atoms with Gasteiger partial charge in [0.05, 0.1) is 24.1 Å². The summed E-state index contributed by atoms with van der Waals surface area (Å²) in [5.74, 6) is -0.135. The van der Waals surface area contributed by atoms with Gasteiger partial charge >= 0.3 is 11.4 Å². The highest BCUT2D eigenvalue weighted by molar-refractivity contribution is 5.53. The maximum atomic E-state index is 13.5. The Bertz CT molecular complexity index is 1070. The number of benzene rings is 3. The molecule has 0 saturated carbocycles. The Morgan fingerprint density at radius 1 is 0.781 bits per heavy atom. The summed E-state index contributed by atoms with van der Waals surface area (Å²) in [5.41, 5.74) is 1.52.